The molecule has 0 atom stereocenters. The fourth-order valence-electron chi connectivity index (χ4n) is 7.05. The van der Waals surface area contributed by atoms with Gasteiger partial charge in [-0.05, 0) is 85.9 Å². The minimum Gasteiger partial charge on any atom is -0.456 e. The zero-order valence-electron chi connectivity index (χ0n) is 26.3. The molecular weight excluding hydrogens is 599 g/mol. The first-order valence-electron chi connectivity index (χ1n) is 16.4. The average molecular weight is 626 g/mol. The summed E-state index contributed by atoms with van der Waals surface area (Å²) in [6.45, 7) is 0. The minimum atomic E-state index is 0.614. The summed E-state index contributed by atoms with van der Waals surface area (Å²) in [5.41, 5.74) is 6.80. The molecule has 0 aliphatic heterocycles. The van der Waals surface area contributed by atoms with Crippen molar-refractivity contribution in [3.8, 4) is 45.3 Å². The maximum Gasteiger partial charge on any atom is 0.164 e. The van der Waals surface area contributed by atoms with Crippen LogP contribution in [0.4, 0.5) is 0 Å². The molecule has 2 aromatic heterocycles. The van der Waals surface area contributed by atoms with Crippen molar-refractivity contribution in [2.45, 2.75) is 0 Å². The first kappa shape index (κ1) is 27.5. The van der Waals surface area contributed by atoms with E-state index in [2.05, 4.69) is 121 Å². The van der Waals surface area contributed by atoms with Crippen LogP contribution in [0.2, 0.25) is 0 Å². The summed E-state index contributed by atoms with van der Waals surface area (Å²) in [7, 11) is 0. The maximum absolute atomic E-state index is 6.33. The van der Waals surface area contributed by atoms with Crippen LogP contribution in [0.15, 0.2) is 168 Å². The summed E-state index contributed by atoms with van der Waals surface area (Å²) < 4.78 is 6.33. The Morgan fingerprint density at radius 1 is 0.306 bits per heavy atom. The maximum atomic E-state index is 6.33. The van der Waals surface area contributed by atoms with Crippen molar-refractivity contribution < 1.29 is 4.42 Å². The Kier molecular flexibility index (Phi) is 6.15. The second-order valence-electron chi connectivity index (χ2n) is 12.4. The van der Waals surface area contributed by atoms with E-state index in [1.165, 1.54) is 27.1 Å². The van der Waals surface area contributed by atoms with Gasteiger partial charge in [0.1, 0.15) is 11.2 Å². The van der Waals surface area contributed by atoms with Crippen LogP contribution in [0.5, 0.6) is 0 Å². The Hall–Kier alpha value is -6.65. The van der Waals surface area contributed by atoms with Gasteiger partial charge in [-0.15, -0.1) is 0 Å². The lowest BCUT2D eigenvalue weighted by Gasteiger charge is -2.12. The van der Waals surface area contributed by atoms with E-state index >= 15 is 0 Å². The smallest absolute Gasteiger partial charge is 0.164 e. The molecular formula is C45H27N3O. The molecule has 4 heteroatoms. The number of nitrogens with zero attached hydrogens (tertiary/aromatic N) is 3. The van der Waals surface area contributed by atoms with Crippen LogP contribution in [0, 0.1) is 0 Å². The molecule has 0 unspecified atom stereocenters. The average Bonchev–Trinajstić information content (AvgIpc) is 3.55. The standard InChI is InChI=1S/C45H27N3O/c1-2-11-29(12-3-1)43-46-44(48-45(47-43)40-26-33-14-6-7-15-35(33)36-16-8-9-17-37(36)40)34-21-23-42-39(27-34)38-25-32(20-22-41(38)49-42)31-19-18-28-10-4-5-13-30(28)24-31/h1-27H. The number of hydrogen-bond donors (Lipinski definition) is 0. The van der Waals surface area contributed by atoms with Gasteiger partial charge in [-0.25, -0.2) is 15.0 Å². The molecule has 10 rings (SSSR count). The summed E-state index contributed by atoms with van der Waals surface area (Å²) >= 11 is 0. The fourth-order valence-corrected chi connectivity index (χ4v) is 7.05. The molecule has 0 aliphatic carbocycles. The van der Waals surface area contributed by atoms with E-state index in [0.29, 0.717) is 17.5 Å². The molecule has 0 aliphatic rings. The quantitative estimate of drug-likeness (QED) is 0.183. The molecule has 228 valence electrons. The summed E-state index contributed by atoms with van der Waals surface area (Å²) in [6.07, 6.45) is 0. The second-order valence-corrected chi connectivity index (χ2v) is 12.4. The Balaban J connectivity index is 1.17. The summed E-state index contributed by atoms with van der Waals surface area (Å²) in [4.78, 5) is 15.3. The lowest BCUT2D eigenvalue weighted by atomic mass is 9.97. The van der Waals surface area contributed by atoms with Crippen molar-refractivity contribution in [2.75, 3.05) is 0 Å². The van der Waals surface area contributed by atoms with Gasteiger partial charge in [-0.1, -0.05) is 121 Å². The number of furan rings is 1. The third kappa shape index (κ3) is 4.65. The van der Waals surface area contributed by atoms with E-state index in [9.17, 15) is 0 Å². The summed E-state index contributed by atoms with van der Waals surface area (Å²) in [5, 5.41) is 9.16. The van der Waals surface area contributed by atoms with Crippen molar-refractivity contribution in [2.24, 2.45) is 0 Å². The zero-order valence-corrected chi connectivity index (χ0v) is 26.3. The van der Waals surface area contributed by atoms with Crippen LogP contribution in [-0.2, 0) is 0 Å². The number of benzene rings is 8. The molecule has 0 amide bonds. The van der Waals surface area contributed by atoms with Crippen LogP contribution < -0.4 is 0 Å². The Bertz CT molecular complexity index is 2890. The van der Waals surface area contributed by atoms with E-state index in [1.54, 1.807) is 0 Å². The molecule has 8 aromatic carbocycles. The van der Waals surface area contributed by atoms with Gasteiger partial charge in [0.15, 0.2) is 17.5 Å². The topological polar surface area (TPSA) is 51.8 Å². The highest BCUT2D eigenvalue weighted by Crippen LogP contribution is 2.37. The second kappa shape index (κ2) is 11.0. The van der Waals surface area contributed by atoms with Crippen LogP contribution in [0.3, 0.4) is 0 Å². The van der Waals surface area contributed by atoms with Gasteiger partial charge < -0.3 is 4.42 Å². The van der Waals surface area contributed by atoms with Crippen molar-refractivity contribution in [1.29, 1.82) is 0 Å². The van der Waals surface area contributed by atoms with Crippen LogP contribution in [0.25, 0.3) is 99.5 Å². The van der Waals surface area contributed by atoms with E-state index in [0.717, 1.165) is 55.0 Å². The number of fused-ring (bicyclic) bond motifs is 7. The molecule has 0 saturated carbocycles. The lowest BCUT2D eigenvalue weighted by Crippen LogP contribution is -2.00. The Labute approximate surface area is 282 Å². The SMILES string of the molecule is c1ccc(-c2nc(-c3ccc4oc5ccc(-c6ccc7ccccc7c6)cc5c4c3)nc(-c3cc4ccccc4c4ccccc34)n2)cc1. The van der Waals surface area contributed by atoms with Gasteiger partial charge in [-0.2, -0.15) is 0 Å². The van der Waals surface area contributed by atoms with Crippen molar-refractivity contribution in [1.82, 2.24) is 15.0 Å². The van der Waals surface area contributed by atoms with Gasteiger partial charge in [0.05, 0.1) is 0 Å². The van der Waals surface area contributed by atoms with Gasteiger partial charge in [0, 0.05) is 27.5 Å². The number of rotatable bonds is 4. The summed E-state index contributed by atoms with van der Waals surface area (Å²) in [5.74, 6) is 1.89. The first-order chi connectivity index (χ1) is 24.2. The van der Waals surface area contributed by atoms with Gasteiger partial charge in [0.2, 0.25) is 0 Å². The van der Waals surface area contributed by atoms with Crippen LogP contribution in [-0.4, -0.2) is 15.0 Å². The lowest BCUT2D eigenvalue weighted by molar-refractivity contribution is 0.669. The Morgan fingerprint density at radius 2 is 0.857 bits per heavy atom. The number of hydrogen-bond acceptors (Lipinski definition) is 4. The van der Waals surface area contributed by atoms with E-state index in [-0.39, 0.29) is 0 Å². The molecule has 0 fully saturated rings. The highest BCUT2D eigenvalue weighted by Gasteiger charge is 2.17. The predicted molar refractivity (Wildman–Crippen MR) is 201 cm³/mol. The van der Waals surface area contributed by atoms with Gasteiger partial charge in [-0.3, -0.25) is 0 Å². The van der Waals surface area contributed by atoms with Gasteiger partial charge >= 0.3 is 0 Å². The van der Waals surface area contributed by atoms with Gasteiger partial charge in [0.25, 0.3) is 0 Å². The first-order valence-corrected chi connectivity index (χ1v) is 16.4. The van der Waals surface area contributed by atoms with Crippen molar-refractivity contribution >= 4 is 54.3 Å². The van der Waals surface area contributed by atoms with E-state index < -0.39 is 0 Å². The van der Waals surface area contributed by atoms with Crippen molar-refractivity contribution in [3.05, 3.63) is 164 Å². The molecule has 0 bridgehead atoms. The van der Waals surface area contributed by atoms with E-state index in [1.807, 2.05) is 42.5 Å². The zero-order chi connectivity index (χ0) is 32.3. The highest BCUT2D eigenvalue weighted by atomic mass is 16.3. The molecule has 0 spiro atoms. The molecule has 0 N–H and O–H groups in total. The largest absolute Gasteiger partial charge is 0.456 e. The molecule has 49 heavy (non-hydrogen) atoms. The molecule has 0 saturated heterocycles. The van der Waals surface area contributed by atoms with E-state index in [4.69, 9.17) is 19.4 Å². The van der Waals surface area contributed by atoms with Crippen LogP contribution in [0.1, 0.15) is 0 Å². The highest BCUT2D eigenvalue weighted by molar-refractivity contribution is 6.13. The molecule has 10 aromatic rings. The van der Waals surface area contributed by atoms with Crippen molar-refractivity contribution in [3.63, 3.8) is 0 Å². The number of aromatic nitrogens is 3. The Morgan fingerprint density at radius 3 is 1.65 bits per heavy atom. The molecule has 2 heterocycles. The monoisotopic (exact) mass is 625 g/mol. The molecule has 0 radical (unpaired) electrons. The van der Waals surface area contributed by atoms with Crippen LogP contribution >= 0.6 is 0 Å². The predicted octanol–water partition coefficient (Wildman–Crippen LogP) is 11.9. The summed E-state index contributed by atoms with van der Waals surface area (Å²) in [6, 6.07) is 57.0. The molecule has 4 nitrogen and oxygen atoms in total. The normalized spacial score (nSPS) is 11.7. The fraction of sp³-hybridized carbons (Fsp3) is 0. The minimum absolute atomic E-state index is 0.614. The third-order valence-electron chi connectivity index (χ3n) is 9.49. The third-order valence-corrected chi connectivity index (χ3v) is 9.49.